The maximum atomic E-state index is 11.8. The van der Waals surface area contributed by atoms with Crippen molar-refractivity contribution in [2.75, 3.05) is 0 Å². The van der Waals surface area contributed by atoms with E-state index in [1.807, 2.05) is 0 Å². The maximum Gasteiger partial charge on any atom is 0.257 e. The molecule has 0 unspecified atom stereocenters. The summed E-state index contributed by atoms with van der Waals surface area (Å²) >= 11 is 0. The van der Waals surface area contributed by atoms with Crippen LogP contribution in [0.4, 0.5) is 0 Å². The standard InChI is InChI=1S/C12H9N3O2/c16-9-5-2-1-4-8(9)12-14-13-10-6-3-7-11(17)15(10)12/h1-7,13,16H. The fourth-order valence-electron chi connectivity index (χ4n) is 1.80. The number of para-hydroxylation sites is 1. The predicted octanol–water partition coefficient (Wildman–Crippen LogP) is 1.40. The Morgan fingerprint density at radius 2 is 1.94 bits per heavy atom. The summed E-state index contributed by atoms with van der Waals surface area (Å²) in [6.45, 7) is 0. The summed E-state index contributed by atoms with van der Waals surface area (Å²) in [5.74, 6) is 0.500. The average molecular weight is 227 g/mol. The second-order valence-corrected chi connectivity index (χ2v) is 3.65. The number of fused-ring (bicyclic) bond motifs is 1. The molecule has 0 radical (unpaired) electrons. The lowest BCUT2D eigenvalue weighted by molar-refractivity contribution is 0.477. The number of rotatable bonds is 1. The minimum Gasteiger partial charge on any atom is -0.507 e. The van der Waals surface area contributed by atoms with E-state index in [-0.39, 0.29) is 11.3 Å². The third kappa shape index (κ3) is 1.40. The monoisotopic (exact) mass is 227 g/mol. The molecule has 5 heteroatoms. The number of pyridine rings is 1. The van der Waals surface area contributed by atoms with Gasteiger partial charge >= 0.3 is 0 Å². The molecule has 0 spiro atoms. The van der Waals surface area contributed by atoms with Crippen LogP contribution >= 0.6 is 0 Å². The Kier molecular flexibility index (Phi) is 1.98. The summed E-state index contributed by atoms with van der Waals surface area (Å²) in [6.07, 6.45) is 0. The Bertz CT molecular complexity index is 743. The molecular formula is C12H9N3O2. The van der Waals surface area contributed by atoms with Crippen LogP contribution in [0.2, 0.25) is 0 Å². The second kappa shape index (κ2) is 3.48. The SMILES string of the molecule is O=c1cccc2[nH]nc(-c3ccccc3O)n12. The van der Waals surface area contributed by atoms with Crippen molar-refractivity contribution in [2.24, 2.45) is 0 Å². The lowest BCUT2D eigenvalue weighted by Gasteiger charge is -2.01. The van der Waals surface area contributed by atoms with Crippen molar-refractivity contribution in [2.45, 2.75) is 0 Å². The molecule has 3 aromatic rings. The molecule has 0 amide bonds. The lowest BCUT2D eigenvalue weighted by Crippen LogP contribution is -2.11. The van der Waals surface area contributed by atoms with Crippen LogP contribution in [0.5, 0.6) is 5.75 Å². The molecule has 17 heavy (non-hydrogen) atoms. The number of aromatic hydroxyl groups is 1. The molecule has 0 bridgehead atoms. The van der Waals surface area contributed by atoms with Gasteiger partial charge in [-0.15, -0.1) is 0 Å². The number of hydrogen-bond acceptors (Lipinski definition) is 3. The zero-order valence-corrected chi connectivity index (χ0v) is 8.79. The van der Waals surface area contributed by atoms with Gasteiger partial charge < -0.3 is 5.11 Å². The van der Waals surface area contributed by atoms with E-state index in [0.717, 1.165) is 0 Å². The van der Waals surface area contributed by atoms with Gasteiger partial charge in [0.25, 0.3) is 5.56 Å². The number of H-pyrrole nitrogens is 1. The minimum atomic E-state index is -0.186. The van der Waals surface area contributed by atoms with Crippen LogP contribution in [0.1, 0.15) is 0 Å². The molecule has 0 aliphatic rings. The van der Waals surface area contributed by atoms with Gasteiger partial charge in [-0.2, -0.15) is 5.10 Å². The normalized spacial score (nSPS) is 10.8. The largest absolute Gasteiger partial charge is 0.507 e. The zero-order chi connectivity index (χ0) is 11.8. The molecule has 2 N–H and O–H groups in total. The number of benzene rings is 1. The van der Waals surface area contributed by atoms with E-state index in [0.29, 0.717) is 17.0 Å². The molecular weight excluding hydrogens is 218 g/mol. The van der Waals surface area contributed by atoms with Crippen LogP contribution in [0.3, 0.4) is 0 Å². The average Bonchev–Trinajstić information content (AvgIpc) is 2.75. The highest BCUT2D eigenvalue weighted by atomic mass is 16.3. The number of nitrogens with one attached hydrogen (secondary N) is 1. The van der Waals surface area contributed by atoms with Crippen LogP contribution in [0.25, 0.3) is 17.0 Å². The molecule has 3 rings (SSSR count). The van der Waals surface area contributed by atoms with E-state index in [9.17, 15) is 9.90 Å². The van der Waals surface area contributed by atoms with Gasteiger partial charge in [0, 0.05) is 6.07 Å². The second-order valence-electron chi connectivity index (χ2n) is 3.65. The van der Waals surface area contributed by atoms with Crippen molar-refractivity contribution in [3.8, 4) is 17.1 Å². The van der Waals surface area contributed by atoms with Gasteiger partial charge in [0.15, 0.2) is 5.82 Å². The van der Waals surface area contributed by atoms with Gasteiger partial charge in [-0.3, -0.25) is 9.89 Å². The first-order valence-corrected chi connectivity index (χ1v) is 5.12. The smallest absolute Gasteiger partial charge is 0.257 e. The first-order valence-electron chi connectivity index (χ1n) is 5.12. The van der Waals surface area contributed by atoms with Crippen molar-refractivity contribution >= 4 is 5.65 Å². The van der Waals surface area contributed by atoms with E-state index < -0.39 is 0 Å². The van der Waals surface area contributed by atoms with Gasteiger partial charge in [-0.25, -0.2) is 4.40 Å². The van der Waals surface area contributed by atoms with E-state index >= 15 is 0 Å². The Hall–Kier alpha value is -2.56. The van der Waals surface area contributed by atoms with Crippen molar-refractivity contribution in [1.29, 1.82) is 0 Å². The molecule has 5 nitrogen and oxygen atoms in total. The molecule has 2 aromatic heterocycles. The molecule has 2 heterocycles. The zero-order valence-electron chi connectivity index (χ0n) is 8.79. The van der Waals surface area contributed by atoms with Crippen LogP contribution in [0, 0.1) is 0 Å². The van der Waals surface area contributed by atoms with Crippen LogP contribution < -0.4 is 5.56 Å². The van der Waals surface area contributed by atoms with E-state index in [1.165, 1.54) is 10.5 Å². The molecule has 0 fully saturated rings. The van der Waals surface area contributed by atoms with Crippen LogP contribution in [-0.2, 0) is 0 Å². The Balaban J connectivity index is 2.40. The summed E-state index contributed by atoms with van der Waals surface area (Å²) in [7, 11) is 0. The van der Waals surface area contributed by atoms with Gasteiger partial charge in [-0.1, -0.05) is 18.2 Å². The number of aromatic nitrogens is 3. The van der Waals surface area contributed by atoms with Crippen LogP contribution in [0.15, 0.2) is 47.3 Å². The first kappa shape index (κ1) is 9.65. The quantitative estimate of drug-likeness (QED) is 0.660. The summed E-state index contributed by atoms with van der Waals surface area (Å²) in [4.78, 5) is 11.8. The molecule has 0 atom stereocenters. The highest BCUT2D eigenvalue weighted by Crippen LogP contribution is 2.26. The summed E-state index contributed by atoms with van der Waals surface area (Å²) < 4.78 is 1.43. The third-order valence-corrected chi connectivity index (χ3v) is 2.59. The van der Waals surface area contributed by atoms with Crippen molar-refractivity contribution in [1.82, 2.24) is 14.6 Å². The molecule has 1 aromatic carbocycles. The summed E-state index contributed by atoms with van der Waals surface area (Å²) in [5, 5.41) is 16.6. The maximum absolute atomic E-state index is 11.8. The van der Waals surface area contributed by atoms with E-state index in [1.54, 1.807) is 36.4 Å². The third-order valence-electron chi connectivity index (χ3n) is 2.59. The minimum absolute atomic E-state index is 0.0941. The van der Waals surface area contributed by atoms with Crippen molar-refractivity contribution < 1.29 is 5.11 Å². The Morgan fingerprint density at radius 3 is 2.76 bits per heavy atom. The van der Waals surface area contributed by atoms with Crippen LogP contribution in [-0.4, -0.2) is 19.7 Å². The van der Waals surface area contributed by atoms with Crippen molar-refractivity contribution in [3.63, 3.8) is 0 Å². The summed E-state index contributed by atoms with van der Waals surface area (Å²) in [6, 6.07) is 11.6. The molecule has 0 saturated carbocycles. The predicted molar refractivity (Wildman–Crippen MR) is 62.9 cm³/mol. The molecule has 84 valence electrons. The number of hydrogen-bond donors (Lipinski definition) is 2. The number of nitrogens with zero attached hydrogens (tertiary/aromatic N) is 2. The fraction of sp³-hybridized carbons (Fsp3) is 0. The fourth-order valence-corrected chi connectivity index (χ4v) is 1.80. The van der Waals surface area contributed by atoms with Crippen molar-refractivity contribution in [3.05, 3.63) is 52.8 Å². The van der Waals surface area contributed by atoms with Gasteiger partial charge in [-0.05, 0) is 18.2 Å². The summed E-state index contributed by atoms with van der Waals surface area (Å²) in [5.41, 5.74) is 0.928. The van der Waals surface area contributed by atoms with Gasteiger partial charge in [0.1, 0.15) is 11.4 Å². The number of aromatic amines is 1. The molecule has 0 aliphatic carbocycles. The van der Waals surface area contributed by atoms with E-state index in [2.05, 4.69) is 10.2 Å². The van der Waals surface area contributed by atoms with E-state index in [4.69, 9.17) is 0 Å². The topological polar surface area (TPSA) is 70.4 Å². The Labute approximate surface area is 96.0 Å². The Morgan fingerprint density at radius 1 is 1.12 bits per heavy atom. The number of phenols is 1. The highest BCUT2D eigenvalue weighted by molar-refractivity contribution is 5.65. The van der Waals surface area contributed by atoms with Gasteiger partial charge in [0.05, 0.1) is 5.56 Å². The number of phenolic OH excluding ortho intramolecular Hbond substituents is 1. The van der Waals surface area contributed by atoms with Gasteiger partial charge in [0.2, 0.25) is 0 Å². The molecule has 0 aliphatic heterocycles. The molecule has 0 saturated heterocycles. The lowest BCUT2D eigenvalue weighted by atomic mass is 10.2. The highest BCUT2D eigenvalue weighted by Gasteiger charge is 2.11. The first-order chi connectivity index (χ1) is 8.27.